The van der Waals surface area contributed by atoms with Gasteiger partial charge < -0.3 is 24.8 Å². The van der Waals surface area contributed by atoms with Gasteiger partial charge in [0.05, 0.1) is 0 Å². The van der Waals surface area contributed by atoms with Crippen molar-refractivity contribution in [2.75, 3.05) is 0 Å². The molecular weight excluding hydrogens is 466 g/mol. The maximum absolute atomic E-state index is 3.66. The van der Waals surface area contributed by atoms with Gasteiger partial charge in [0.1, 0.15) is 0 Å². The molecular formula is C18H22Cl2Hf. The topological polar surface area (TPSA) is 0 Å². The van der Waals surface area contributed by atoms with E-state index in [4.69, 9.17) is 0 Å². The van der Waals surface area contributed by atoms with Crippen LogP contribution in [0.3, 0.4) is 0 Å². The van der Waals surface area contributed by atoms with Crippen LogP contribution >= 0.6 is 0 Å². The Kier molecular flexibility index (Phi) is 22.1. The molecule has 0 amide bonds. The van der Waals surface area contributed by atoms with E-state index in [9.17, 15) is 0 Å². The van der Waals surface area contributed by atoms with Crippen molar-refractivity contribution in [3.63, 3.8) is 0 Å². The van der Waals surface area contributed by atoms with Crippen molar-refractivity contribution in [2.45, 2.75) is 38.5 Å². The van der Waals surface area contributed by atoms with Crippen molar-refractivity contribution in [3.05, 3.63) is 72.9 Å². The Morgan fingerprint density at radius 3 is 1.48 bits per heavy atom. The zero-order chi connectivity index (χ0) is 13.1. The van der Waals surface area contributed by atoms with Crippen molar-refractivity contribution in [3.8, 4) is 0 Å². The predicted molar refractivity (Wildman–Crippen MR) is 79.9 cm³/mol. The average Bonchev–Trinajstić information content (AvgIpc) is 3.07. The molecule has 2 aliphatic carbocycles. The molecule has 2 rings (SSSR count). The van der Waals surface area contributed by atoms with Gasteiger partial charge in [-0.2, -0.15) is 12.2 Å². The predicted octanol–water partition coefficient (Wildman–Crippen LogP) is -0.710. The first-order chi connectivity index (χ1) is 8.86. The Labute approximate surface area is 161 Å². The summed E-state index contributed by atoms with van der Waals surface area (Å²) in [5.74, 6) is 0. The van der Waals surface area contributed by atoms with Gasteiger partial charge in [0.2, 0.25) is 0 Å². The first-order valence-corrected chi connectivity index (χ1v) is 6.61. The number of halogens is 2. The molecule has 2 aliphatic rings. The monoisotopic (exact) mass is 488 g/mol. The largest absolute Gasteiger partial charge is 4.00 e. The van der Waals surface area contributed by atoms with Crippen LogP contribution < -0.4 is 24.8 Å². The van der Waals surface area contributed by atoms with Crippen LogP contribution in [0, 0.1) is 12.2 Å². The average molecular weight is 488 g/mol. The minimum absolute atomic E-state index is 0. The molecule has 112 valence electrons. The molecule has 0 spiro atoms. The Hall–Kier alpha value is -0.110. The van der Waals surface area contributed by atoms with Crippen molar-refractivity contribution in [1.82, 2.24) is 0 Å². The molecule has 0 aromatic carbocycles. The summed E-state index contributed by atoms with van der Waals surface area (Å²) in [6.07, 6.45) is 25.3. The van der Waals surface area contributed by atoms with Crippen LogP contribution in [0.1, 0.15) is 38.5 Å². The fourth-order valence-corrected chi connectivity index (χ4v) is 1.76. The molecule has 0 aromatic heterocycles. The second kappa shape index (κ2) is 17.9. The number of hydrogen-bond donors (Lipinski definition) is 0. The maximum atomic E-state index is 3.66. The summed E-state index contributed by atoms with van der Waals surface area (Å²) in [5, 5.41) is 0. The van der Waals surface area contributed by atoms with Crippen LogP contribution in [0.25, 0.3) is 0 Å². The summed E-state index contributed by atoms with van der Waals surface area (Å²) >= 11 is 0. The summed E-state index contributed by atoms with van der Waals surface area (Å²) in [6.45, 7) is 7.31. The summed E-state index contributed by atoms with van der Waals surface area (Å²) < 4.78 is 0. The van der Waals surface area contributed by atoms with Crippen molar-refractivity contribution < 1.29 is 50.7 Å². The molecule has 3 heteroatoms. The molecule has 0 nitrogen and oxygen atoms in total. The quantitative estimate of drug-likeness (QED) is 0.264. The van der Waals surface area contributed by atoms with Crippen LogP contribution in [0.5, 0.6) is 0 Å². The van der Waals surface area contributed by atoms with E-state index >= 15 is 0 Å². The Balaban J connectivity index is -0.000000270. The smallest absolute Gasteiger partial charge is 1.00 e. The van der Waals surface area contributed by atoms with E-state index in [1.807, 2.05) is 12.2 Å². The standard InChI is InChI=1S/2C9H11.2ClH.Hf/c2*1-2-3-6-9-7-4-5-8-9;;;/h2*2,4,7H,1,3,5-6H2;2*1H;/q2*-1;;;+4/p-2. The molecule has 21 heavy (non-hydrogen) atoms. The van der Waals surface area contributed by atoms with Crippen LogP contribution in [0.15, 0.2) is 60.8 Å². The summed E-state index contributed by atoms with van der Waals surface area (Å²) in [4.78, 5) is 0. The van der Waals surface area contributed by atoms with E-state index in [1.54, 1.807) is 0 Å². The van der Waals surface area contributed by atoms with Gasteiger partial charge in [-0.3, -0.25) is 12.2 Å². The Morgan fingerprint density at radius 1 is 0.857 bits per heavy atom. The molecule has 0 saturated carbocycles. The Bertz CT molecular complexity index is 352. The normalized spacial score (nSPS) is 13.5. The van der Waals surface area contributed by atoms with Gasteiger partial charge in [-0.25, -0.2) is 23.3 Å². The molecule has 0 saturated heterocycles. The third kappa shape index (κ3) is 13.3. The summed E-state index contributed by atoms with van der Waals surface area (Å²) in [7, 11) is 0. The van der Waals surface area contributed by atoms with E-state index in [2.05, 4.69) is 49.6 Å². The van der Waals surface area contributed by atoms with Gasteiger partial charge in [-0.1, -0.05) is 25.0 Å². The van der Waals surface area contributed by atoms with Crippen molar-refractivity contribution in [1.29, 1.82) is 0 Å². The van der Waals surface area contributed by atoms with Gasteiger partial charge >= 0.3 is 25.8 Å². The Morgan fingerprint density at radius 2 is 1.24 bits per heavy atom. The minimum Gasteiger partial charge on any atom is -1.00 e. The molecule has 0 aromatic rings. The van der Waals surface area contributed by atoms with E-state index in [0.29, 0.717) is 0 Å². The van der Waals surface area contributed by atoms with Crippen LogP contribution in [-0.4, -0.2) is 0 Å². The fraction of sp³-hybridized carbons (Fsp3) is 0.333. The first kappa shape index (κ1) is 25.8. The molecule has 0 fully saturated rings. The van der Waals surface area contributed by atoms with Crippen LogP contribution in [0.2, 0.25) is 0 Å². The summed E-state index contributed by atoms with van der Waals surface area (Å²) in [5.41, 5.74) is 2.69. The molecule has 0 unspecified atom stereocenters. The fourth-order valence-electron chi connectivity index (χ4n) is 1.76. The SMILES string of the molecule is C=CCCC1=[C-]CC=C1.C=CCCC1=[C-]CC=C1.[Cl-].[Cl-].[Hf+4]. The first-order valence-electron chi connectivity index (χ1n) is 6.61. The molecule has 0 atom stereocenters. The van der Waals surface area contributed by atoms with Gasteiger partial charge in [0.25, 0.3) is 0 Å². The maximum Gasteiger partial charge on any atom is 4.00 e. The van der Waals surface area contributed by atoms with E-state index < -0.39 is 0 Å². The van der Waals surface area contributed by atoms with E-state index in [-0.39, 0.29) is 50.7 Å². The third-order valence-corrected chi connectivity index (χ3v) is 2.77. The van der Waals surface area contributed by atoms with Gasteiger partial charge in [0, 0.05) is 0 Å². The van der Waals surface area contributed by atoms with Crippen LogP contribution in [-0.2, 0) is 25.8 Å². The van der Waals surface area contributed by atoms with E-state index in [0.717, 1.165) is 38.5 Å². The summed E-state index contributed by atoms with van der Waals surface area (Å²) in [6, 6.07) is 0. The van der Waals surface area contributed by atoms with Gasteiger partial charge in [-0.05, 0) is 12.8 Å². The molecule has 0 aliphatic heterocycles. The second-order valence-corrected chi connectivity index (χ2v) is 4.27. The molecule has 0 bridgehead atoms. The number of hydrogen-bond acceptors (Lipinski definition) is 0. The third-order valence-electron chi connectivity index (χ3n) is 2.77. The molecule has 0 heterocycles. The zero-order valence-corrected chi connectivity index (χ0v) is 17.5. The van der Waals surface area contributed by atoms with Crippen molar-refractivity contribution >= 4 is 0 Å². The molecule has 0 radical (unpaired) electrons. The van der Waals surface area contributed by atoms with Crippen LogP contribution in [0.4, 0.5) is 0 Å². The second-order valence-electron chi connectivity index (χ2n) is 4.27. The van der Waals surface area contributed by atoms with Gasteiger partial charge in [-0.15, -0.1) is 26.0 Å². The number of rotatable bonds is 6. The molecule has 0 N–H and O–H groups in total. The van der Waals surface area contributed by atoms with Crippen molar-refractivity contribution in [2.24, 2.45) is 0 Å². The zero-order valence-electron chi connectivity index (χ0n) is 12.4. The minimum atomic E-state index is 0. The number of allylic oxidation sites excluding steroid dienone is 10. The van der Waals surface area contributed by atoms with E-state index in [1.165, 1.54) is 11.1 Å². The van der Waals surface area contributed by atoms with Gasteiger partial charge in [0.15, 0.2) is 0 Å².